The summed E-state index contributed by atoms with van der Waals surface area (Å²) in [6, 6.07) is 12.4. The van der Waals surface area contributed by atoms with E-state index in [9.17, 15) is 14.4 Å². The summed E-state index contributed by atoms with van der Waals surface area (Å²) >= 11 is 0. The number of rotatable bonds is 2. The van der Waals surface area contributed by atoms with Crippen LogP contribution in [0.2, 0.25) is 0 Å². The van der Waals surface area contributed by atoms with Gasteiger partial charge in [-0.25, -0.2) is 4.39 Å². The number of halogens is 1. The van der Waals surface area contributed by atoms with Crippen LogP contribution in [0.5, 0.6) is 0 Å². The number of carbonyl (C=O) groups is 1. The first-order chi connectivity index (χ1) is 11.1. The molecule has 4 nitrogen and oxygen atoms in total. The summed E-state index contributed by atoms with van der Waals surface area (Å²) in [5.41, 5.74) is 3.70. The minimum atomic E-state index is -0.497. The SMILES string of the molecule is CC(=O)Nc1cccc2c1CCN(c1cccc(F)c1C#N)C2. The molecule has 0 atom stereocenters. The maximum absolute atomic E-state index is 13.8. The Hall–Kier alpha value is -2.87. The molecule has 1 aliphatic heterocycles. The zero-order valence-electron chi connectivity index (χ0n) is 12.8. The molecule has 2 aromatic carbocycles. The van der Waals surface area contributed by atoms with E-state index in [-0.39, 0.29) is 11.5 Å². The van der Waals surface area contributed by atoms with Gasteiger partial charge in [0.25, 0.3) is 0 Å². The predicted molar refractivity (Wildman–Crippen MR) is 86.6 cm³/mol. The van der Waals surface area contributed by atoms with Gasteiger partial charge in [0, 0.05) is 25.7 Å². The molecule has 0 radical (unpaired) electrons. The maximum Gasteiger partial charge on any atom is 0.221 e. The van der Waals surface area contributed by atoms with Gasteiger partial charge in [-0.3, -0.25) is 4.79 Å². The molecule has 0 aliphatic carbocycles. The van der Waals surface area contributed by atoms with E-state index in [4.69, 9.17) is 0 Å². The Labute approximate surface area is 134 Å². The highest BCUT2D eigenvalue weighted by molar-refractivity contribution is 5.89. The molecule has 0 fully saturated rings. The lowest BCUT2D eigenvalue weighted by Crippen LogP contribution is -2.31. The zero-order valence-corrected chi connectivity index (χ0v) is 12.8. The van der Waals surface area contributed by atoms with Gasteiger partial charge in [-0.1, -0.05) is 18.2 Å². The van der Waals surface area contributed by atoms with Gasteiger partial charge in [0.05, 0.1) is 5.69 Å². The lowest BCUT2D eigenvalue weighted by atomic mass is 9.96. The molecule has 5 heteroatoms. The van der Waals surface area contributed by atoms with Gasteiger partial charge in [-0.2, -0.15) is 5.26 Å². The first-order valence-corrected chi connectivity index (χ1v) is 7.42. The Morgan fingerprint density at radius 1 is 1.30 bits per heavy atom. The average Bonchev–Trinajstić information content (AvgIpc) is 2.54. The van der Waals surface area contributed by atoms with Crippen LogP contribution in [0.15, 0.2) is 36.4 Å². The van der Waals surface area contributed by atoms with Crippen LogP contribution >= 0.6 is 0 Å². The molecule has 3 rings (SSSR count). The van der Waals surface area contributed by atoms with E-state index in [2.05, 4.69) is 5.32 Å². The van der Waals surface area contributed by atoms with Gasteiger partial charge in [-0.05, 0) is 35.7 Å². The highest BCUT2D eigenvalue weighted by Gasteiger charge is 2.22. The van der Waals surface area contributed by atoms with Gasteiger partial charge in [-0.15, -0.1) is 0 Å². The Morgan fingerprint density at radius 3 is 2.83 bits per heavy atom. The topological polar surface area (TPSA) is 56.1 Å². The zero-order chi connectivity index (χ0) is 16.4. The first kappa shape index (κ1) is 15.0. The third-order valence-corrected chi connectivity index (χ3v) is 4.02. The second-order valence-corrected chi connectivity index (χ2v) is 5.54. The molecule has 0 bridgehead atoms. The second-order valence-electron chi connectivity index (χ2n) is 5.54. The molecule has 116 valence electrons. The van der Waals surface area contributed by atoms with Crippen molar-refractivity contribution in [2.75, 3.05) is 16.8 Å². The smallest absolute Gasteiger partial charge is 0.221 e. The Morgan fingerprint density at radius 2 is 2.09 bits per heavy atom. The summed E-state index contributed by atoms with van der Waals surface area (Å²) in [6.07, 6.45) is 0.729. The van der Waals surface area contributed by atoms with Crippen molar-refractivity contribution in [3.05, 3.63) is 58.9 Å². The molecule has 1 heterocycles. The molecule has 0 unspecified atom stereocenters. The first-order valence-electron chi connectivity index (χ1n) is 7.42. The van der Waals surface area contributed by atoms with Crippen molar-refractivity contribution >= 4 is 17.3 Å². The lowest BCUT2D eigenvalue weighted by molar-refractivity contribution is -0.114. The minimum absolute atomic E-state index is 0.0777. The molecule has 1 amide bonds. The predicted octanol–water partition coefficient (Wildman–Crippen LogP) is 3.22. The normalized spacial score (nSPS) is 13.2. The van der Waals surface area contributed by atoms with Gasteiger partial charge in [0.2, 0.25) is 5.91 Å². The lowest BCUT2D eigenvalue weighted by Gasteiger charge is -2.32. The molecule has 23 heavy (non-hydrogen) atoms. The van der Waals surface area contributed by atoms with Gasteiger partial charge < -0.3 is 10.2 Å². The minimum Gasteiger partial charge on any atom is -0.366 e. The van der Waals surface area contributed by atoms with Crippen LogP contribution in [-0.2, 0) is 17.8 Å². The van der Waals surface area contributed by atoms with Crippen molar-refractivity contribution in [2.45, 2.75) is 19.9 Å². The average molecular weight is 309 g/mol. The standard InChI is InChI=1S/C18H16FN3O/c1-12(23)21-17-6-2-4-13-11-22(9-8-14(13)17)18-7-3-5-16(19)15(18)10-20/h2-7H,8-9,11H2,1H3,(H,21,23). The van der Waals surface area contributed by atoms with Crippen molar-refractivity contribution in [3.63, 3.8) is 0 Å². The number of nitriles is 1. The molecule has 1 N–H and O–H groups in total. The fraction of sp³-hybridized carbons (Fsp3) is 0.222. The fourth-order valence-corrected chi connectivity index (χ4v) is 3.01. The summed E-state index contributed by atoms with van der Waals surface area (Å²) in [6.45, 7) is 2.74. The van der Waals surface area contributed by atoms with Crippen LogP contribution in [0.4, 0.5) is 15.8 Å². The number of nitrogens with one attached hydrogen (secondary N) is 1. The molecule has 2 aromatic rings. The third-order valence-electron chi connectivity index (χ3n) is 4.02. The molecule has 0 saturated carbocycles. The van der Waals surface area contributed by atoms with E-state index in [0.717, 1.165) is 23.2 Å². The summed E-state index contributed by atoms with van der Waals surface area (Å²) < 4.78 is 13.8. The van der Waals surface area contributed by atoms with Crippen LogP contribution in [-0.4, -0.2) is 12.5 Å². The monoisotopic (exact) mass is 309 g/mol. The van der Waals surface area contributed by atoms with Crippen LogP contribution < -0.4 is 10.2 Å². The van der Waals surface area contributed by atoms with Crippen molar-refractivity contribution in [1.29, 1.82) is 5.26 Å². The molecular formula is C18H16FN3O. The van der Waals surface area contributed by atoms with E-state index < -0.39 is 5.82 Å². The van der Waals surface area contributed by atoms with Crippen LogP contribution in [0.3, 0.4) is 0 Å². The van der Waals surface area contributed by atoms with Crippen molar-refractivity contribution in [3.8, 4) is 6.07 Å². The van der Waals surface area contributed by atoms with Crippen LogP contribution in [0.25, 0.3) is 0 Å². The Bertz CT molecular complexity index is 810. The van der Waals surface area contributed by atoms with Crippen molar-refractivity contribution in [1.82, 2.24) is 0 Å². The van der Waals surface area contributed by atoms with E-state index in [0.29, 0.717) is 18.8 Å². The van der Waals surface area contributed by atoms with E-state index in [1.54, 1.807) is 12.1 Å². The number of hydrogen-bond donors (Lipinski definition) is 1. The molecule has 1 aliphatic rings. The third kappa shape index (κ3) is 2.88. The number of benzene rings is 2. The molecule has 0 aromatic heterocycles. The largest absolute Gasteiger partial charge is 0.366 e. The molecular weight excluding hydrogens is 293 g/mol. The van der Waals surface area contributed by atoms with Crippen molar-refractivity contribution < 1.29 is 9.18 Å². The number of amides is 1. The van der Waals surface area contributed by atoms with E-state index >= 15 is 0 Å². The van der Waals surface area contributed by atoms with Gasteiger partial charge >= 0.3 is 0 Å². The summed E-state index contributed by atoms with van der Waals surface area (Å²) in [4.78, 5) is 13.3. The highest BCUT2D eigenvalue weighted by Crippen LogP contribution is 2.31. The highest BCUT2D eigenvalue weighted by atomic mass is 19.1. The number of nitrogens with zero attached hydrogens (tertiary/aromatic N) is 2. The van der Waals surface area contributed by atoms with Crippen LogP contribution in [0.1, 0.15) is 23.6 Å². The number of anilines is 2. The quantitative estimate of drug-likeness (QED) is 0.926. The summed E-state index contributed by atoms with van der Waals surface area (Å²) in [7, 11) is 0. The number of fused-ring (bicyclic) bond motifs is 1. The van der Waals surface area contributed by atoms with Gasteiger partial charge in [0.15, 0.2) is 0 Å². The van der Waals surface area contributed by atoms with Crippen molar-refractivity contribution in [2.24, 2.45) is 0 Å². The second kappa shape index (κ2) is 6.09. The maximum atomic E-state index is 13.8. The Balaban J connectivity index is 1.94. The van der Waals surface area contributed by atoms with E-state index in [1.165, 1.54) is 13.0 Å². The molecule has 0 spiro atoms. The summed E-state index contributed by atoms with van der Waals surface area (Å²) in [5.74, 6) is -0.597. The number of carbonyl (C=O) groups excluding carboxylic acids is 1. The Kier molecular flexibility index (Phi) is 3.98. The van der Waals surface area contributed by atoms with E-state index in [1.807, 2.05) is 29.2 Å². The molecule has 0 saturated heterocycles. The number of hydrogen-bond acceptors (Lipinski definition) is 3. The summed E-state index contributed by atoms with van der Waals surface area (Å²) in [5, 5.41) is 12.1. The van der Waals surface area contributed by atoms with Crippen LogP contribution in [0, 0.1) is 17.1 Å². The van der Waals surface area contributed by atoms with Gasteiger partial charge in [0.1, 0.15) is 17.4 Å². The fourth-order valence-electron chi connectivity index (χ4n) is 3.01.